The van der Waals surface area contributed by atoms with E-state index in [4.69, 9.17) is 11.6 Å². The lowest BCUT2D eigenvalue weighted by molar-refractivity contribution is 0.0202. The Kier molecular flexibility index (Phi) is 5.02. The summed E-state index contributed by atoms with van der Waals surface area (Å²) in [6.45, 7) is 0.335. The predicted octanol–water partition coefficient (Wildman–Crippen LogP) is 1.72. The Bertz CT molecular complexity index is 335. The van der Waals surface area contributed by atoms with Crippen molar-refractivity contribution in [2.24, 2.45) is 0 Å². The second-order valence-electron chi connectivity index (χ2n) is 3.24. The first-order valence-corrected chi connectivity index (χ1v) is 5.69. The fourth-order valence-corrected chi connectivity index (χ4v) is 1.75. The topological polar surface area (TPSA) is 52.5 Å². The summed E-state index contributed by atoms with van der Waals surface area (Å²) in [5.41, 5.74) is 0.633. The van der Waals surface area contributed by atoms with Gasteiger partial charge in [-0.1, -0.05) is 17.7 Å². The highest BCUT2D eigenvalue weighted by Crippen LogP contribution is 2.27. The van der Waals surface area contributed by atoms with Gasteiger partial charge in [-0.25, -0.2) is 0 Å². The number of rotatable bonds is 4. The number of aliphatic hydroxyl groups excluding tert-OH is 2. The fraction of sp³-hybridized carbons (Fsp3) is 0.400. The van der Waals surface area contributed by atoms with Crippen molar-refractivity contribution in [2.45, 2.75) is 12.2 Å². The Morgan fingerprint density at radius 3 is 2.67 bits per heavy atom. The van der Waals surface area contributed by atoms with E-state index in [1.807, 2.05) is 0 Å². The average Bonchev–Trinajstić information content (AvgIpc) is 2.21. The molecule has 0 aromatic heterocycles. The number of aliphatic hydroxyl groups is 2. The lowest BCUT2D eigenvalue weighted by Gasteiger charge is -2.18. The van der Waals surface area contributed by atoms with Crippen LogP contribution in [0.15, 0.2) is 22.7 Å². The van der Waals surface area contributed by atoms with Crippen LogP contribution in [0.2, 0.25) is 5.02 Å². The van der Waals surface area contributed by atoms with Gasteiger partial charge in [-0.15, -0.1) is 0 Å². The quantitative estimate of drug-likeness (QED) is 0.792. The Balaban J connectivity index is 2.81. The molecule has 0 radical (unpaired) electrons. The molecule has 2 atom stereocenters. The summed E-state index contributed by atoms with van der Waals surface area (Å²) in [4.78, 5) is 0. The monoisotopic (exact) mass is 293 g/mol. The van der Waals surface area contributed by atoms with E-state index in [0.717, 1.165) is 0 Å². The zero-order chi connectivity index (χ0) is 11.4. The number of benzene rings is 1. The smallest absolute Gasteiger partial charge is 0.106 e. The van der Waals surface area contributed by atoms with Crippen molar-refractivity contribution in [1.82, 2.24) is 5.32 Å². The van der Waals surface area contributed by atoms with Crippen LogP contribution in [0.1, 0.15) is 11.7 Å². The average molecular weight is 295 g/mol. The second-order valence-corrected chi connectivity index (χ2v) is 4.50. The first kappa shape index (κ1) is 12.9. The molecular weight excluding hydrogens is 281 g/mol. The van der Waals surface area contributed by atoms with Crippen molar-refractivity contribution in [1.29, 1.82) is 0 Å². The molecule has 1 aromatic rings. The van der Waals surface area contributed by atoms with Gasteiger partial charge in [0.25, 0.3) is 0 Å². The third-order valence-electron chi connectivity index (χ3n) is 2.06. The Morgan fingerprint density at radius 1 is 1.47 bits per heavy atom. The highest BCUT2D eigenvalue weighted by atomic mass is 79.9. The normalized spacial score (nSPS) is 15.0. The van der Waals surface area contributed by atoms with Crippen LogP contribution in [0.3, 0.4) is 0 Å². The molecule has 3 nitrogen and oxygen atoms in total. The molecule has 0 fully saturated rings. The van der Waals surface area contributed by atoms with Crippen LogP contribution in [0, 0.1) is 0 Å². The zero-order valence-corrected chi connectivity index (χ0v) is 10.6. The number of halogens is 2. The van der Waals surface area contributed by atoms with Crippen molar-refractivity contribution in [3.63, 3.8) is 0 Å². The van der Waals surface area contributed by atoms with Crippen LogP contribution in [0.5, 0.6) is 0 Å². The first-order valence-electron chi connectivity index (χ1n) is 4.52. The van der Waals surface area contributed by atoms with Crippen LogP contribution >= 0.6 is 27.5 Å². The largest absolute Gasteiger partial charge is 0.389 e. The standard InChI is InChI=1S/C10H13BrClNO2/c1-13-5-9(14)10(15)6-2-3-8(12)7(11)4-6/h2-4,9-10,13-15H,5H2,1H3. The molecule has 3 N–H and O–H groups in total. The maximum atomic E-state index is 9.78. The van der Waals surface area contributed by atoms with E-state index in [2.05, 4.69) is 21.2 Å². The molecule has 0 heterocycles. The molecule has 0 spiro atoms. The number of nitrogens with one attached hydrogen (secondary N) is 1. The third kappa shape index (κ3) is 3.43. The van der Waals surface area contributed by atoms with E-state index < -0.39 is 12.2 Å². The molecular formula is C10H13BrClNO2. The van der Waals surface area contributed by atoms with Crippen LogP contribution in [0.25, 0.3) is 0 Å². The van der Waals surface area contributed by atoms with Gasteiger partial charge >= 0.3 is 0 Å². The molecule has 2 unspecified atom stereocenters. The van der Waals surface area contributed by atoms with Gasteiger partial charge in [0, 0.05) is 11.0 Å². The number of hydrogen-bond acceptors (Lipinski definition) is 3. The highest BCUT2D eigenvalue weighted by molar-refractivity contribution is 9.10. The summed E-state index contributed by atoms with van der Waals surface area (Å²) in [5, 5.41) is 22.7. The highest BCUT2D eigenvalue weighted by Gasteiger charge is 2.17. The van der Waals surface area contributed by atoms with Gasteiger partial charge in [-0.3, -0.25) is 0 Å². The predicted molar refractivity (Wildman–Crippen MR) is 64.0 cm³/mol. The van der Waals surface area contributed by atoms with E-state index in [0.29, 0.717) is 21.6 Å². The Morgan fingerprint density at radius 2 is 2.13 bits per heavy atom. The van der Waals surface area contributed by atoms with Crippen molar-refractivity contribution in [2.75, 3.05) is 13.6 Å². The summed E-state index contributed by atoms with van der Waals surface area (Å²) < 4.78 is 0.706. The minimum Gasteiger partial charge on any atom is -0.389 e. The summed E-state index contributed by atoms with van der Waals surface area (Å²) >= 11 is 9.08. The molecule has 0 saturated carbocycles. The molecule has 1 rings (SSSR count). The summed E-state index contributed by atoms with van der Waals surface area (Å²) in [6, 6.07) is 5.07. The van der Waals surface area contributed by atoms with Crippen LogP contribution in [0.4, 0.5) is 0 Å². The maximum absolute atomic E-state index is 9.78. The number of hydrogen-bond donors (Lipinski definition) is 3. The van der Waals surface area contributed by atoms with Gasteiger partial charge < -0.3 is 15.5 Å². The molecule has 15 heavy (non-hydrogen) atoms. The van der Waals surface area contributed by atoms with Crippen molar-refractivity contribution < 1.29 is 10.2 Å². The SMILES string of the molecule is CNCC(O)C(O)c1ccc(Cl)c(Br)c1. The zero-order valence-electron chi connectivity index (χ0n) is 8.24. The summed E-state index contributed by atoms with van der Waals surface area (Å²) in [6.07, 6.45) is -1.74. The Hall–Kier alpha value is -0.130. The lowest BCUT2D eigenvalue weighted by atomic mass is 10.0. The van der Waals surface area contributed by atoms with E-state index in [-0.39, 0.29) is 0 Å². The molecule has 0 bridgehead atoms. The van der Waals surface area contributed by atoms with Crippen molar-refractivity contribution in [3.8, 4) is 0 Å². The van der Waals surface area contributed by atoms with Gasteiger partial charge in [0.1, 0.15) is 6.10 Å². The van der Waals surface area contributed by atoms with Gasteiger partial charge in [-0.05, 0) is 40.7 Å². The minimum atomic E-state index is -0.911. The van der Waals surface area contributed by atoms with Gasteiger partial charge in [-0.2, -0.15) is 0 Å². The van der Waals surface area contributed by atoms with Crippen LogP contribution in [-0.2, 0) is 0 Å². The van der Waals surface area contributed by atoms with Crippen LogP contribution < -0.4 is 5.32 Å². The first-order chi connectivity index (χ1) is 7.06. The molecule has 0 amide bonds. The van der Waals surface area contributed by atoms with Gasteiger partial charge in [0.05, 0.1) is 11.1 Å². The molecule has 1 aromatic carbocycles. The van der Waals surface area contributed by atoms with Gasteiger partial charge in [0.15, 0.2) is 0 Å². The number of likely N-dealkylation sites (N-methyl/N-ethyl adjacent to an activating group) is 1. The van der Waals surface area contributed by atoms with Crippen LogP contribution in [-0.4, -0.2) is 29.9 Å². The minimum absolute atomic E-state index is 0.335. The molecule has 5 heteroatoms. The molecule has 84 valence electrons. The van der Waals surface area contributed by atoms with E-state index >= 15 is 0 Å². The van der Waals surface area contributed by atoms with E-state index in [1.165, 1.54) is 0 Å². The lowest BCUT2D eigenvalue weighted by Crippen LogP contribution is -2.29. The second kappa shape index (κ2) is 5.82. The molecule has 0 aliphatic heterocycles. The summed E-state index contributed by atoms with van der Waals surface area (Å²) in [5.74, 6) is 0. The maximum Gasteiger partial charge on any atom is 0.106 e. The molecule has 0 aliphatic rings. The summed E-state index contributed by atoms with van der Waals surface area (Å²) in [7, 11) is 1.72. The van der Waals surface area contributed by atoms with Gasteiger partial charge in [0.2, 0.25) is 0 Å². The van der Waals surface area contributed by atoms with E-state index in [1.54, 1.807) is 25.2 Å². The Labute approximate surface area is 102 Å². The van der Waals surface area contributed by atoms with Crippen molar-refractivity contribution >= 4 is 27.5 Å². The van der Waals surface area contributed by atoms with E-state index in [9.17, 15) is 10.2 Å². The molecule has 0 aliphatic carbocycles. The van der Waals surface area contributed by atoms with Crippen molar-refractivity contribution in [3.05, 3.63) is 33.3 Å². The fourth-order valence-electron chi connectivity index (χ4n) is 1.24. The molecule has 0 saturated heterocycles. The third-order valence-corrected chi connectivity index (χ3v) is 3.28.